The van der Waals surface area contributed by atoms with Crippen LogP contribution in [0.5, 0.6) is 0 Å². The molecule has 20 nitrogen and oxygen atoms in total. The Hall–Kier alpha value is -6.59. The SMILES string of the molecule is CC1(C)OB(B2OC(C)(C)C(C)(C)O2)OC1(C)C.CN1CCC(c2nc3ccc(Br)cc3c(=O)[nH]2)CC1.Cc1cn2cc(-c3ccc4nc(C5CCN(C)CC5)[nH]c(=O)c4c3)cc(F)c2n1.Cc1cn2cc(B3OC(C)(C)C(C)(C)O3)cc(F)c2n1.Cc1cn2cc(Br)cc(F)c2n1. The molecule has 0 spiro atoms. The fraction of sp³-hybridized carbons (Fsp3) is 0.471. The molecule has 2 N–H and O–H groups in total. The molecule has 10 aromatic rings. The maximum absolute atomic E-state index is 14.5. The zero-order valence-corrected chi connectivity index (χ0v) is 62.0. The number of fused-ring (bicyclic) bond motifs is 5. The number of imidazole rings is 3. The maximum Gasteiger partial charge on any atom is 0.496 e. The van der Waals surface area contributed by atoms with E-state index in [1.807, 2.05) is 140 Å². The summed E-state index contributed by atoms with van der Waals surface area (Å²) < 4.78 is 84.1. The lowest BCUT2D eigenvalue weighted by atomic mass is 9.49. The molecule has 0 aliphatic carbocycles. The van der Waals surface area contributed by atoms with Crippen LogP contribution in [0.1, 0.15) is 149 Å². The summed E-state index contributed by atoms with van der Waals surface area (Å²) >= 11 is 6.59. The van der Waals surface area contributed by atoms with E-state index in [1.165, 1.54) is 18.2 Å². The van der Waals surface area contributed by atoms with E-state index < -0.39 is 32.3 Å². The second-order valence-corrected chi connectivity index (χ2v) is 31.2. The fourth-order valence-electron chi connectivity index (χ4n) is 12.2. The minimum atomic E-state index is -0.568. The first-order chi connectivity index (χ1) is 45.8. The number of pyridine rings is 3. The Kier molecular flexibility index (Phi) is 20.6. The third-order valence-corrected chi connectivity index (χ3v) is 21.0. The Morgan fingerprint density at radius 3 is 1.28 bits per heavy atom. The van der Waals surface area contributed by atoms with Gasteiger partial charge >= 0.3 is 21.1 Å². The molecule has 0 saturated carbocycles. The van der Waals surface area contributed by atoms with E-state index in [1.54, 1.807) is 50.3 Å². The lowest BCUT2D eigenvalue weighted by Crippen LogP contribution is -2.41. The molecule has 8 aromatic heterocycles. The van der Waals surface area contributed by atoms with E-state index in [-0.39, 0.29) is 56.9 Å². The minimum Gasteiger partial charge on any atom is -0.405 e. The molecular formula is C70H86B3Br2F3N12O8. The van der Waals surface area contributed by atoms with Gasteiger partial charge in [-0.1, -0.05) is 22.0 Å². The van der Waals surface area contributed by atoms with Gasteiger partial charge in [0.15, 0.2) is 34.4 Å². The van der Waals surface area contributed by atoms with Gasteiger partial charge in [-0.25, -0.2) is 38.1 Å². The van der Waals surface area contributed by atoms with Crippen LogP contribution in [0.4, 0.5) is 13.2 Å². The van der Waals surface area contributed by atoms with Gasteiger partial charge in [0.1, 0.15) is 11.6 Å². The predicted molar refractivity (Wildman–Crippen MR) is 386 cm³/mol. The van der Waals surface area contributed by atoms with Crippen molar-refractivity contribution in [1.82, 2.24) is 57.9 Å². The summed E-state index contributed by atoms with van der Waals surface area (Å²) in [7, 11) is 2.72. The Balaban J connectivity index is 0.000000127. The molecule has 2 aromatic carbocycles. The minimum absolute atomic E-state index is 0.0415. The van der Waals surface area contributed by atoms with Crippen molar-refractivity contribution in [3.63, 3.8) is 0 Å². The average molecular weight is 1470 g/mol. The summed E-state index contributed by atoms with van der Waals surface area (Å²) in [6.45, 7) is 33.7. The van der Waals surface area contributed by atoms with E-state index in [2.05, 4.69) is 85.7 Å². The molecule has 0 unspecified atom stereocenters. The number of H-pyrrole nitrogens is 2. The molecule has 0 bridgehead atoms. The second-order valence-electron chi connectivity index (χ2n) is 29.3. The van der Waals surface area contributed by atoms with E-state index in [4.69, 9.17) is 32.9 Å². The van der Waals surface area contributed by atoms with E-state index in [0.29, 0.717) is 54.6 Å². The molecule has 98 heavy (non-hydrogen) atoms. The maximum atomic E-state index is 14.5. The summed E-state index contributed by atoms with van der Waals surface area (Å²) in [4.78, 5) is 57.2. The highest BCUT2D eigenvalue weighted by Crippen LogP contribution is 2.43. The number of rotatable bonds is 5. The van der Waals surface area contributed by atoms with Gasteiger partial charge in [-0.2, -0.15) is 0 Å². The van der Waals surface area contributed by atoms with Gasteiger partial charge in [0.05, 0.1) is 72.5 Å². The summed E-state index contributed by atoms with van der Waals surface area (Å²) in [6, 6.07) is 15.4. The molecule has 0 atom stereocenters. The van der Waals surface area contributed by atoms with Gasteiger partial charge in [-0.15, -0.1) is 0 Å². The van der Waals surface area contributed by atoms with Gasteiger partial charge in [0.2, 0.25) is 0 Å². The molecule has 13 heterocycles. The van der Waals surface area contributed by atoms with Crippen LogP contribution in [0.25, 0.3) is 49.9 Å². The Morgan fingerprint density at radius 1 is 0.449 bits per heavy atom. The predicted octanol–water partition coefficient (Wildman–Crippen LogP) is 12.9. The van der Waals surface area contributed by atoms with Gasteiger partial charge in [-0.3, -0.25) is 9.59 Å². The number of aromatic amines is 2. The highest BCUT2D eigenvalue weighted by Gasteiger charge is 2.64. The molecule has 518 valence electrons. The van der Waals surface area contributed by atoms with Gasteiger partial charge < -0.3 is 60.9 Å². The largest absolute Gasteiger partial charge is 0.496 e. The second kappa shape index (κ2) is 27.7. The third kappa shape index (κ3) is 15.5. The van der Waals surface area contributed by atoms with Gasteiger partial charge in [-0.05, 0) is 240 Å². The summed E-state index contributed by atoms with van der Waals surface area (Å²) in [6.07, 6.45) is 14.9. The number of benzene rings is 2. The highest BCUT2D eigenvalue weighted by molar-refractivity contribution is 9.10. The van der Waals surface area contributed by atoms with Crippen LogP contribution in [0, 0.1) is 38.2 Å². The van der Waals surface area contributed by atoms with Crippen LogP contribution < -0.4 is 16.6 Å². The molecule has 0 amide bonds. The number of aryl methyl sites for hydroxylation is 3. The van der Waals surface area contributed by atoms with Crippen molar-refractivity contribution in [2.75, 3.05) is 40.3 Å². The van der Waals surface area contributed by atoms with Crippen molar-refractivity contribution in [1.29, 1.82) is 0 Å². The molecule has 28 heteroatoms. The van der Waals surface area contributed by atoms with Crippen LogP contribution in [-0.4, -0.2) is 153 Å². The van der Waals surface area contributed by atoms with Crippen LogP contribution in [-0.2, 0) is 27.9 Å². The summed E-state index contributed by atoms with van der Waals surface area (Å²) in [5.74, 6) is 1.20. The molecule has 5 saturated heterocycles. The van der Waals surface area contributed by atoms with Gasteiger partial charge in [0, 0.05) is 69.0 Å². The van der Waals surface area contributed by atoms with Crippen molar-refractivity contribution < 1.29 is 41.1 Å². The van der Waals surface area contributed by atoms with E-state index in [0.717, 1.165) is 96.1 Å². The van der Waals surface area contributed by atoms with E-state index >= 15 is 0 Å². The first-order valence-electron chi connectivity index (χ1n) is 33.1. The zero-order chi connectivity index (χ0) is 70.9. The number of halogens is 5. The monoisotopic (exact) mass is 1470 g/mol. The lowest BCUT2D eigenvalue weighted by molar-refractivity contribution is 0.00578. The molecule has 5 aliphatic rings. The molecule has 5 aliphatic heterocycles. The third-order valence-electron chi connectivity index (χ3n) is 20.1. The standard InChI is InChI=1S/C22H22FN5O.C14H18BFN2O2.C14H16BrN3O.C12H24B2O4.C8H6BrFN2/c1-13-11-28-12-16(10-18(23)21(28)24-13)15-3-4-19-17(9-15)22(29)26-20(25-19)14-5-7-27(2)8-6-14;1-9-7-18-8-10(6-11(16)12(18)17-9)15-19-13(2,3)14(4,5)20-15;1-18-6-4-9(5-7-18)13-16-12-3-2-10(15)8-11(12)14(19)17-13;1-9(2)10(3,4)16-13(15-9)14-17-11(5,6)12(7,8)18-14;1-5-3-12-4-6(9)2-7(10)8(12)11-5/h3-4,9-12,14H,5-8H2,1-2H3,(H,25,26,29);6-8H,1-5H3;2-3,8-9H,4-7H2,1H3,(H,16,17,19);1-8H3;2-4H,1H3. The van der Waals surface area contributed by atoms with E-state index in [9.17, 15) is 22.8 Å². The van der Waals surface area contributed by atoms with Crippen LogP contribution in [0.15, 0.2) is 110 Å². The van der Waals surface area contributed by atoms with Crippen LogP contribution >= 0.6 is 31.9 Å². The number of nitrogens with one attached hydrogen (secondary N) is 2. The molecular weight excluding hydrogens is 1390 g/mol. The molecule has 5 fully saturated rings. The Morgan fingerprint density at radius 2 is 0.827 bits per heavy atom. The quantitative estimate of drug-likeness (QED) is 0.154. The highest BCUT2D eigenvalue weighted by atomic mass is 79.9. The first-order valence-corrected chi connectivity index (χ1v) is 34.7. The van der Waals surface area contributed by atoms with Crippen molar-refractivity contribution in [2.45, 2.75) is 175 Å². The average Bonchev–Trinajstić information content (AvgIpc) is 1.59. The Bertz CT molecular complexity index is 4650. The van der Waals surface area contributed by atoms with Crippen molar-refractivity contribution in [2.24, 2.45) is 0 Å². The van der Waals surface area contributed by atoms with Crippen molar-refractivity contribution in [3.8, 4) is 11.1 Å². The number of hydrogen-bond donors (Lipinski definition) is 2. The number of likely N-dealkylation sites (tertiary alicyclic amines) is 2. The van der Waals surface area contributed by atoms with Crippen molar-refractivity contribution in [3.05, 3.63) is 168 Å². The molecule has 15 rings (SSSR count). The number of nitrogens with zero attached hydrogens (tertiary/aromatic N) is 10. The van der Waals surface area contributed by atoms with Crippen LogP contribution in [0.2, 0.25) is 0 Å². The first kappa shape index (κ1) is 72.7. The fourth-order valence-corrected chi connectivity index (χ4v) is 13.0. The summed E-state index contributed by atoms with van der Waals surface area (Å²) in [5, 5.41) is 1.16. The zero-order valence-electron chi connectivity index (χ0n) is 58.8. The number of hydrogen-bond acceptors (Lipinski definition) is 15. The molecule has 0 radical (unpaired) electrons. The Labute approximate surface area is 586 Å². The normalized spacial score (nSPS) is 19.7. The summed E-state index contributed by atoms with van der Waals surface area (Å²) in [5.41, 5.74) is 4.39. The van der Waals surface area contributed by atoms with Crippen molar-refractivity contribution >= 4 is 97.2 Å². The topological polar surface area (TPSA) is 205 Å². The van der Waals surface area contributed by atoms with Gasteiger partial charge in [0.25, 0.3) is 11.1 Å². The number of piperidine rings is 2. The van der Waals surface area contributed by atoms with Crippen LogP contribution in [0.3, 0.4) is 0 Å². The lowest BCUT2D eigenvalue weighted by Gasteiger charge is -2.32. The smallest absolute Gasteiger partial charge is 0.405 e. The number of aromatic nitrogens is 10.